The Kier molecular flexibility index (Phi) is 4.55. The van der Waals surface area contributed by atoms with E-state index in [4.69, 9.17) is 12.2 Å². The lowest BCUT2D eigenvalue weighted by molar-refractivity contribution is -0.120. The Bertz CT molecular complexity index is 1160. The number of nitrogens with zero attached hydrogens (tertiary/aromatic N) is 5. The number of rotatable bonds is 3. The standard InChI is InChI=1S/C22H22N6O2S/c1-12(2)9-25-21(31)26-11-13-7-17(26)19-20(29)28(22(30)27(13)19)18-10-24-16(8-23)14-5-3-4-6-15(14)18/h3-6,10,12-13,17,19H,7,9,11H2,1-2H3,(H,25,31)/t13-,17?,19?/m1/s1. The van der Waals surface area contributed by atoms with Crippen LogP contribution in [0, 0.1) is 17.2 Å². The molecule has 3 aliphatic rings. The zero-order valence-electron chi connectivity index (χ0n) is 17.3. The van der Waals surface area contributed by atoms with Gasteiger partial charge in [-0.25, -0.2) is 14.7 Å². The minimum absolute atomic E-state index is 0.0483. The molecule has 1 aromatic carbocycles. The number of carbonyl (C=O) groups excluding carboxylic acids is 2. The number of benzene rings is 1. The molecule has 3 atom stereocenters. The molecule has 9 heteroatoms. The quantitative estimate of drug-likeness (QED) is 0.585. The predicted molar refractivity (Wildman–Crippen MR) is 119 cm³/mol. The summed E-state index contributed by atoms with van der Waals surface area (Å²) in [5.74, 6) is 0.196. The first kappa shape index (κ1) is 19.7. The summed E-state index contributed by atoms with van der Waals surface area (Å²) in [6, 6.07) is 8.24. The first-order valence-electron chi connectivity index (χ1n) is 10.4. The van der Waals surface area contributed by atoms with Crippen molar-refractivity contribution in [1.29, 1.82) is 5.26 Å². The molecule has 5 rings (SSSR count). The number of amides is 3. The lowest BCUT2D eigenvalue weighted by Gasteiger charge is -2.36. The number of aromatic nitrogens is 1. The number of piperazine rings is 1. The van der Waals surface area contributed by atoms with Gasteiger partial charge in [0.1, 0.15) is 17.8 Å². The lowest BCUT2D eigenvalue weighted by Crippen LogP contribution is -2.57. The SMILES string of the molecule is CC(C)CNC(=S)N1C[C@H]2CC1C1C(=O)N(c3cnc(C#N)c4ccccc34)C(=O)N12. The molecule has 1 aromatic heterocycles. The first-order chi connectivity index (χ1) is 14.9. The minimum Gasteiger partial charge on any atom is -0.362 e. The monoisotopic (exact) mass is 434 g/mol. The Morgan fingerprint density at radius 3 is 2.77 bits per heavy atom. The topological polar surface area (TPSA) is 92.6 Å². The molecule has 0 radical (unpaired) electrons. The van der Waals surface area contributed by atoms with Crippen LogP contribution < -0.4 is 10.2 Å². The highest BCUT2D eigenvalue weighted by atomic mass is 32.1. The molecule has 4 heterocycles. The molecule has 3 saturated heterocycles. The summed E-state index contributed by atoms with van der Waals surface area (Å²) in [6.45, 7) is 5.62. The summed E-state index contributed by atoms with van der Waals surface area (Å²) in [5.41, 5.74) is 0.692. The van der Waals surface area contributed by atoms with Crippen molar-refractivity contribution in [2.45, 2.75) is 38.4 Å². The molecule has 8 nitrogen and oxygen atoms in total. The summed E-state index contributed by atoms with van der Waals surface area (Å²) in [5, 5.41) is 14.6. The molecular weight excluding hydrogens is 412 g/mol. The average Bonchev–Trinajstić information content (AvgIpc) is 3.43. The largest absolute Gasteiger partial charge is 0.362 e. The van der Waals surface area contributed by atoms with Crippen LogP contribution in [0.5, 0.6) is 0 Å². The number of likely N-dealkylation sites (tertiary alicyclic amines) is 1. The van der Waals surface area contributed by atoms with Crippen LogP contribution >= 0.6 is 12.2 Å². The van der Waals surface area contributed by atoms with E-state index in [-0.39, 0.29) is 29.7 Å². The van der Waals surface area contributed by atoms with Gasteiger partial charge in [0.05, 0.1) is 24.0 Å². The average molecular weight is 435 g/mol. The van der Waals surface area contributed by atoms with Crippen LogP contribution in [-0.2, 0) is 4.79 Å². The van der Waals surface area contributed by atoms with Crippen LogP contribution in [0.15, 0.2) is 30.5 Å². The van der Waals surface area contributed by atoms with Gasteiger partial charge in [-0.2, -0.15) is 5.26 Å². The predicted octanol–water partition coefficient (Wildman–Crippen LogP) is 2.23. The van der Waals surface area contributed by atoms with Crippen LogP contribution in [0.1, 0.15) is 26.0 Å². The Balaban J connectivity index is 1.48. The van der Waals surface area contributed by atoms with Crippen LogP contribution in [0.25, 0.3) is 10.8 Å². The molecular formula is C22H22N6O2S. The van der Waals surface area contributed by atoms with Gasteiger partial charge in [-0.3, -0.25) is 4.79 Å². The second kappa shape index (κ2) is 7.17. The fourth-order valence-electron chi connectivity index (χ4n) is 4.95. The number of fused-ring (bicyclic) bond motifs is 6. The molecule has 3 aliphatic heterocycles. The minimum atomic E-state index is -0.556. The second-order valence-corrected chi connectivity index (χ2v) is 9.03. The number of hydrogen-bond acceptors (Lipinski definition) is 5. The molecule has 0 spiro atoms. The van der Waals surface area contributed by atoms with Crippen LogP contribution in [-0.4, -0.2) is 63.0 Å². The van der Waals surface area contributed by atoms with E-state index in [1.807, 2.05) is 18.2 Å². The van der Waals surface area contributed by atoms with Gasteiger partial charge in [-0.05, 0) is 24.6 Å². The third-order valence-corrected chi connectivity index (χ3v) is 6.69. The molecule has 158 valence electrons. The number of thiocarbonyl (C=S) groups is 1. The van der Waals surface area contributed by atoms with E-state index < -0.39 is 6.04 Å². The Hall–Kier alpha value is -3.25. The molecule has 1 N–H and O–H groups in total. The Labute approximate surface area is 185 Å². The van der Waals surface area contributed by atoms with Crippen LogP contribution in [0.4, 0.5) is 10.5 Å². The molecule has 3 fully saturated rings. The Morgan fingerprint density at radius 1 is 1.32 bits per heavy atom. The van der Waals surface area contributed by atoms with Gasteiger partial charge >= 0.3 is 6.03 Å². The van der Waals surface area contributed by atoms with E-state index in [9.17, 15) is 14.9 Å². The van der Waals surface area contributed by atoms with E-state index in [1.54, 1.807) is 11.0 Å². The Morgan fingerprint density at radius 2 is 2.06 bits per heavy atom. The molecule has 0 aliphatic carbocycles. The number of urea groups is 1. The van der Waals surface area contributed by atoms with Gasteiger partial charge in [0.15, 0.2) is 5.11 Å². The molecule has 2 bridgehead atoms. The lowest BCUT2D eigenvalue weighted by atomic mass is 10.1. The van der Waals surface area contributed by atoms with E-state index in [2.05, 4.69) is 35.1 Å². The van der Waals surface area contributed by atoms with Crippen LogP contribution in [0.2, 0.25) is 0 Å². The molecule has 31 heavy (non-hydrogen) atoms. The number of imide groups is 1. The van der Waals surface area contributed by atoms with Crippen LogP contribution in [0.3, 0.4) is 0 Å². The van der Waals surface area contributed by atoms with Gasteiger partial charge in [-0.1, -0.05) is 38.1 Å². The summed E-state index contributed by atoms with van der Waals surface area (Å²) >= 11 is 5.58. The van der Waals surface area contributed by atoms with Crippen molar-refractivity contribution in [2.75, 3.05) is 18.0 Å². The molecule has 0 saturated carbocycles. The van der Waals surface area contributed by atoms with Gasteiger partial charge in [0.25, 0.3) is 5.91 Å². The summed E-state index contributed by atoms with van der Waals surface area (Å²) in [6.07, 6.45) is 2.19. The number of hydrogen-bond donors (Lipinski definition) is 1. The van der Waals surface area contributed by atoms with Crippen molar-refractivity contribution < 1.29 is 9.59 Å². The molecule has 3 amide bonds. The number of pyridine rings is 1. The maximum Gasteiger partial charge on any atom is 0.332 e. The highest BCUT2D eigenvalue weighted by Crippen LogP contribution is 2.43. The third-order valence-electron chi connectivity index (χ3n) is 6.31. The maximum absolute atomic E-state index is 13.5. The number of nitriles is 1. The van der Waals surface area contributed by atoms with Crippen molar-refractivity contribution in [1.82, 2.24) is 20.1 Å². The van der Waals surface area contributed by atoms with Gasteiger partial charge in [-0.15, -0.1) is 0 Å². The fraction of sp³-hybridized carbons (Fsp3) is 0.409. The summed E-state index contributed by atoms with van der Waals surface area (Å²) in [7, 11) is 0. The van der Waals surface area contributed by atoms with Crippen molar-refractivity contribution in [3.63, 3.8) is 0 Å². The van der Waals surface area contributed by atoms with E-state index in [0.29, 0.717) is 34.0 Å². The van der Waals surface area contributed by atoms with E-state index in [0.717, 1.165) is 13.0 Å². The third kappa shape index (κ3) is 2.86. The maximum atomic E-state index is 13.5. The zero-order chi connectivity index (χ0) is 21.9. The van der Waals surface area contributed by atoms with Crippen molar-refractivity contribution in [3.8, 4) is 6.07 Å². The number of carbonyl (C=O) groups is 2. The van der Waals surface area contributed by atoms with E-state index >= 15 is 0 Å². The molecule has 2 unspecified atom stereocenters. The highest BCUT2D eigenvalue weighted by molar-refractivity contribution is 7.80. The number of anilines is 1. The highest BCUT2D eigenvalue weighted by Gasteiger charge is 2.62. The zero-order valence-corrected chi connectivity index (χ0v) is 18.1. The van der Waals surface area contributed by atoms with Gasteiger partial charge < -0.3 is 15.1 Å². The van der Waals surface area contributed by atoms with E-state index in [1.165, 1.54) is 11.1 Å². The van der Waals surface area contributed by atoms with Crippen molar-refractivity contribution in [3.05, 3.63) is 36.2 Å². The second-order valence-electron chi connectivity index (χ2n) is 8.65. The smallest absolute Gasteiger partial charge is 0.332 e. The van der Waals surface area contributed by atoms with Crippen molar-refractivity contribution in [2.24, 2.45) is 5.92 Å². The summed E-state index contributed by atoms with van der Waals surface area (Å²) in [4.78, 5) is 36.1. The number of nitrogens with one attached hydrogen (secondary N) is 1. The fourth-order valence-corrected chi connectivity index (χ4v) is 5.24. The van der Waals surface area contributed by atoms with Crippen molar-refractivity contribution >= 4 is 45.7 Å². The normalized spacial score (nSPS) is 24.3. The van der Waals surface area contributed by atoms with Gasteiger partial charge in [0, 0.05) is 23.9 Å². The van der Waals surface area contributed by atoms with Gasteiger partial charge in [0.2, 0.25) is 0 Å². The first-order valence-corrected chi connectivity index (χ1v) is 10.8. The molecule has 2 aromatic rings. The summed E-state index contributed by atoms with van der Waals surface area (Å²) < 4.78 is 0.